The summed E-state index contributed by atoms with van der Waals surface area (Å²) in [5, 5.41) is 20.2. The number of fused-ring (bicyclic) bond motifs is 1. The number of quaternary nitrogens is 2. The Morgan fingerprint density at radius 3 is 2.53 bits per heavy atom. The molecule has 20 heteroatoms. The van der Waals surface area contributed by atoms with Crippen LogP contribution < -0.4 is 33.4 Å². The fourth-order valence-electron chi connectivity index (χ4n) is 2.54. The van der Waals surface area contributed by atoms with Gasteiger partial charge in [0, 0.05) is 0 Å². The third-order valence-corrected chi connectivity index (χ3v) is 5.75. The maximum Gasteiger partial charge on any atom is 0.280 e. The van der Waals surface area contributed by atoms with Crippen LogP contribution in [0.5, 0.6) is 0 Å². The highest BCUT2D eigenvalue weighted by Gasteiger charge is 2.45. The van der Waals surface area contributed by atoms with E-state index >= 15 is 0 Å². The summed E-state index contributed by atoms with van der Waals surface area (Å²) >= 11 is 0. The molecule has 172 valence electrons. The van der Waals surface area contributed by atoms with Crippen LogP contribution >= 0.6 is 15.6 Å². The SMILES string of the molecule is Nc1nc2c(ncn2[C@@H]2O[C@H](COP(=O)([O-])OP(=O)([O-])O)[C@@H](O)[C@H]2O)c(=O)[nH]1.[NH4+].[NH4+]. The molecule has 1 aliphatic rings. The number of aliphatic hydroxyl groups excluding tert-OH is 2. The number of hydrogen-bond acceptors (Lipinski definition) is 13. The molecular formula is C10H21N7O11P2. The number of aliphatic hydroxyl groups is 2. The van der Waals surface area contributed by atoms with Crippen LogP contribution in [0.3, 0.4) is 0 Å². The number of ether oxygens (including phenoxy) is 1. The molecule has 30 heavy (non-hydrogen) atoms. The number of nitrogen functional groups attached to an aromatic ring is 1. The second-order valence-corrected chi connectivity index (χ2v) is 8.36. The number of imidazole rings is 1. The number of nitrogens with two attached hydrogens (primary N) is 1. The lowest BCUT2D eigenvalue weighted by Gasteiger charge is -2.28. The number of phosphoric acid groups is 2. The summed E-state index contributed by atoms with van der Waals surface area (Å²) in [7, 11) is -11.1. The lowest BCUT2D eigenvalue weighted by molar-refractivity contribution is -0.242. The van der Waals surface area contributed by atoms with Crippen molar-refractivity contribution in [2.75, 3.05) is 12.3 Å². The molecule has 3 rings (SSSR count). The molecule has 0 bridgehead atoms. The Labute approximate surface area is 166 Å². The maximum absolute atomic E-state index is 11.8. The standard InChI is InChI=1S/C10H15N5O11P2.2H3N/c11-10-13-7-4(8(18)14-10)12-2-15(7)9-6(17)5(16)3(25-9)1-24-28(22,23)26-27(19,20)21;;/h2-3,5-6,9,16-17H,1H2,(H,22,23)(H2,19,20,21)(H3,11,13,14,18);2*1H3/t3-,5-,6-,9-;;/m1../s1. The van der Waals surface area contributed by atoms with Crippen LogP contribution in [0.1, 0.15) is 6.23 Å². The van der Waals surface area contributed by atoms with E-state index in [4.69, 9.17) is 15.4 Å². The van der Waals surface area contributed by atoms with Gasteiger partial charge in [-0.1, -0.05) is 0 Å². The van der Waals surface area contributed by atoms with Crippen molar-refractivity contribution in [3.63, 3.8) is 0 Å². The van der Waals surface area contributed by atoms with Gasteiger partial charge in [0.15, 0.2) is 17.4 Å². The van der Waals surface area contributed by atoms with Crippen molar-refractivity contribution in [2.24, 2.45) is 0 Å². The molecule has 1 fully saturated rings. The first-order valence-corrected chi connectivity index (χ1v) is 10.3. The first-order valence-electron chi connectivity index (χ1n) is 7.32. The number of nitrogens with zero attached hydrogens (tertiary/aromatic N) is 3. The van der Waals surface area contributed by atoms with E-state index < -0.39 is 52.4 Å². The summed E-state index contributed by atoms with van der Waals surface area (Å²) in [6, 6.07) is 0. The molecule has 14 N–H and O–H groups in total. The fraction of sp³-hybridized carbons (Fsp3) is 0.500. The number of aromatic nitrogens is 4. The highest BCUT2D eigenvalue weighted by molar-refractivity contribution is 7.59. The normalized spacial score (nSPS) is 27.6. The number of aromatic amines is 1. The molecule has 18 nitrogen and oxygen atoms in total. The summed E-state index contributed by atoms with van der Waals surface area (Å²) < 4.78 is 35.8. The number of phosphoric ester groups is 1. The van der Waals surface area contributed by atoms with Gasteiger partial charge in [-0.25, -0.2) is 9.29 Å². The van der Waals surface area contributed by atoms with Gasteiger partial charge in [-0.3, -0.25) is 23.5 Å². The van der Waals surface area contributed by atoms with E-state index in [1.165, 1.54) is 0 Å². The van der Waals surface area contributed by atoms with E-state index in [9.17, 15) is 33.9 Å². The molecule has 0 saturated carbocycles. The Balaban J connectivity index is 0.00000225. The zero-order valence-electron chi connectivity index (χ0n) is 15.5. The van der Waals surface area contributed by atoms with Crippen LogP contribution in [-0.2, 0) is 22.7 Å². The molecule has 1 aliphatic heterocycles. The topological polar surface area (TPSA) is 331 Å². The number of rotatable bonds is 6. The largest absolute Gasteiger partial charge is 0.756 e. The maximum atomic E-state index is 11.8. The minimum Gasteiger partial charge on any atom is -0.756 e. The van der Waals surface area contributed by atoms with E-state index in [1.54, 1.807) is 0 Å². The molecule has 2 aromatic heterocycles. The first-order chi connectivity index (χ1) is 12.9. The van der Waals surface area contributed by atoms with Crippen LogP contribution in [0.25, 0.3) is 11.2 Å². The number of nitrogens with one attached hydrogen (secondary N) is 1. The van der Waals surface area contributed by atoms with Crippen molar-refractivity contribution < 1.29 is 47.6 Å². The average molecular weight is 477 g/mol. The fourth-order valence-corrected chi connectivity index (χ4v) is 4.07. The summed E-state index contributed by atoms with van der Waals surface area (Å²) in [5.41, 5.74) is 4.58. The lowest BCUT2D eigenvalue weighted by Crippen LogP contribution is -2.34. The lowest BCUT2D eigenvalue weighted by atomic mass is 10.1. The van der Waals surface area contributed by atoms with Crippen molar-refractivity contribution in [3.8, 4) is 0 Å². The van der Waals surface area contributed by atoms with Crippen molar-refractivity contribution in [1.29, 1.82) is 0 Å². The highest BCUT2D eigenvalue weighted by atomic mass is 31.3. The van der Waals surface area contributed by atoms with Crippen LogP contribution in [0.2, 0.25) is 0 Å². The molecule has 1 saturated heterocycles. The summed E-state index contributed by atoms with van der Waals surface area (Å²) in [6.45, 7) is -0.960. The van der Waals surface area contributed by atoms with Gasteiger partial charge in [0.1, 0.15) is 18.3 Å². The van der Waals surface area contributed by atoms with Crippen molar-refractivity contribution in [1.82, 2.24) is 31.8 Å². The minimum atomic E-state index is -5.63. The van der Waals surface area contributed by atoms with Crippen LogP contribution in [0, 0.1) is 0 Å². The predicted octanol–water partition coefficient (Wildman–Crippen LogP) is -2.96. The minimum absolute atomic E-state index is 0. The number of anilines is 1. The molecule has 0 radical (unpaired) electrons. The quantitative estimate of drug-likeness (QED) is 0.204. The van der Waals surface area contributed by atoms with E-state index in [0.29, 0.717) is 0 Å². The smallest absolute Gasteiger partial charge is 0.280 e. The molecule has 0 amide bonds. The molecule has 6 atom stereocenters. The zero-order valence-corrected chi connectivity index (χ0v) is 17.3. The molecule has 2 aromatic rings. The molecule has 0 aromatic carbocycles. The molecule has 0 aliphatic carbocycles. The van der Waals surface area contributed by atoms with Gasteiger partial charge in [-0.15, -0.1) is 0 Å². The van der Waals surface area contributed by atoms with Gasteiger partial charge in [-0.2, -0.15) is 4.98 Å². The van der Waals surface area contributed by atoms with Gasteiger partial charge in [0.05, 0.1) is 12.9 Å². The molecule has 0 spiro atoms. The van der Waals surface area contributed by atoms with Crippen molar-refractivity contribution >= 4 is 32.8 Å². The van der Waals surface area contributed by atoms with Crippen LogP contribution in [0.15, 0.2) is 11.1 Å². The Morgan fingerprint density at radius 2 is 1.93 bits per heavy atom. The van der Waals surface area contributed by atoms with Gasteiger partial charge < -0.3 is 52.2 Å². The molecule has 3 heterocycles. The van der Waals surface area contributed by atoms with Crippen molar-refractivity contribution in [3.05, 3.63) is 16.7 Å². The zero-order chi connectivity index (χ0) is 20.9. The predicted molar refractivity (Wildman–Crippen MR) is 94.9 cm³/mol. The van der Waals surface area contributed by atoms with Gasteiger partial charge in [0.2, 0.25) is 5.95 Å². The Hall–Kier alpha value is -1.79. The molecule has 2 unspecified atom stereocenters. The van der Waals surface area contributed by atoms with Crippen LogP contribution in [-0.4, -0.2) is 59.5 Å². The van der Waals surface area contributed by atoms with Crippen molar-refractivity contribution in [2.45, 2.75) is 24.5 Å². The van der Waals surface area contributed by atoms with E-state index in [0.717, 1.165) is 10.9 Å². The third kappa shape index (κ3) is 5.46. The summed E-state index contributed by atoms with van der Waals surface area (Å²) in [4.78, 5) is 51.9. The second kappa shape index (κ2) is 9.15. The number of hydrogen-bond donors (Lipinski definition) is 7. The highest BCUT2D eigenvalue weighted by Crippen LogP contribution is 2.52. The third-order valence-electron chi connectivity index (χ3n) is 3.66. The number of H-pyrrole nitrogens is 1. The Kier molecular flexibility index (Phi) is 8.00. The van der Waals surface area contributed by atoms with Gasteiger partial charge in [-0.05, 0) is 0 Å². The van der Waals surface area contributed by atoms with Gasteiger partial charge >= 0.3 is 0 Å². The van der Waals surface area contributed by atoms with E-state index in [1.807, 2.05) is 0 Å². The van der Waals surface area contributed by atoms with Crippen LogP contribution in [0.4, 0.5) is 5.95 Å². The summed E-state index contributed by atoms with van der Waals surface area (Å²) in [6.07, 6.45) is -5.07. The monoisotopic (exact) mass is 477 g/mol. The molecular weight excluding hydrogens is 456 g/mol. The Morgan fingerprint density at radius 1 is 1.30 bits per heavy atom. The van der Waals surface area contributed by atoms with E-state index in [-0.39, 0.29) is 29.4 Å². The average Bonchev–Trinajstić information content (AvgIpc) is 3.06. The van der Waals surface area contributed by atoms with E-state index in [2.05, 4.69) is 23.8 Å². The summed E-state index contributed by atoms with van der Waals surface area (Å²) in [5.74, 6) is -0.248. The second-order valence-electron chi connectivity index (χ2n) is 5.61. The van der Waals surface area contributed by atoms with Gasteiger partial charge in [0.25, 0.3) is 21.2 Å². The first kappa shape index (κ1) is 26.2. The Bertz CT molecular complexity index is 1040.